The van der Waals surface area contributed by atoms with Crippen LogP contribution in [0.2, 0.25) is 0 Å². The van der Waals surface area contributed by atoms with Crippen molar-refractivity contribution in [3.63, 3.8) is 0 Å². The van der Waals surface area contributed by atoms with Gasteiger partial charge >= 0.3 is 5.97 Å². The second kappa shape index (κ2) is 10.6. The molecule has 0 aliphatic carbocycles. The van der Waals surface area contributed by atoms with Crippen molar-refractivity contribution < 1.29 is 13.9 Å². The molecule has 0 saturated heterocycles. The van der Waals surface area contributed by atoms with E-state index >= 15 is 0 Å². The summed E-state index contributed by atoms with van der Waals surface area (Å²) in [6.07, 6.45) is 1.42. The summed E-state index contributed by atoms with van der Waals surface area (Å²) in [6, 6.07) is 30.8. The second-order valence-electron chi connectivity index (χ2n) is 8.02. The van der Waals surface area contributed by atoms with E-state index in [1.807, 2.05) is 91.0 Å². The van der Waals surface area contributed by atoms with E-state index in [0.29, 0.717) is 22.7 Å². The average molecular weight is 487 g/mol. The van der Waals surface area contributed by atoms with Crippen molar-refractivity contribution in [1.29, 1.82) is 5.26 Å². The highest BCUT2D eigenvalue weighted by atomic mass is 16.5. The summed E-state index contributed by atoms with van der Waals surface area (Å²) < 4.78 is 11.5. The van der Waals surface area contributed by atoms with E-state index in [9.17, 15) is 10.1 Å². The third-order valence-electron chi connectivity index (χ3n) is 5.67. The molecule has 0 unspecified atom stereocenters. The van der Waals surface area contributed by atoms with Crippen molar-refractivity contribution in [1.82, 2.24) is 9.97 Å². The Kier molecular flexibility index (Phi) is 6.73. The number of benzene rings is 3. The zero-order valence-corrected chi connectivity index (χ0v) is 20.0. The molecule has 0 atom stereocenters. The molecule has 37 heavy (non-hydrogen) atoms. The molecule has 2 heterocycles. The lowest BCUT2D eigenvalue weighted by Crippen LogP contribution is -2.11. The number of furan rings is 1. The minimum atomic E-state index is -0.582. The van der Waals surface area contributed by atoms with E-state index in [4.69, 9.17) is 9.15 Å². The van der Waals surface area contributed by atoms with Gasteiger partial charge < -0.3 is 14.5 Å². The minimum absolute atomic E-state index is 0.129. The molecule has 180 valence electrons. The fourth-order valence-corrected chi connectivity index (χ4v) is 3.97. The molecule has 0 saturated carbocycles. The van der Waals surface area contributed by atoms with Gasteiger partial charge in [-0.1, -0.05) is 91.0 Å². The van der Waals surface area contributed by atoms with Gasteiger partial charge in [0, 0.05) is 22.9 Å². The Balaban J connectivity index is 1.68. The van der Waals surface area contributed by atoms with E-state index in [2.05, 4.69) is 21.4 Å². The fourth-order valence-electron chi connectivity index (χ4n) is 3.97. The number of hydrogen-bond acceptors (Lipinski definition) is 7. The SMILES string of the molecule is CCOC(=O)c1cnc(-c2ccccc2)nc1Nc1oc(-c2ccccc2)c(-c2ccccc2)c1C#N. The zero-order chi connectivity index (χ0) is 25.6. The maximum absolute atomic E-state index is 12.7. The van der Waals surface area contributed by atoms with Gasteiger partial charge in [0.15, 0.2) is 11.6 Å². The molecule has 7 nitrogen and oxygen atoms in total. The number of nitrogens with zero attached hydrogens (tertiary/aromatic N) is 3. The molecule has 3 aromatic carbocycles. The van der Waals surface area contributed by atoms with Crippen LogP contribution in [0.5, 0.6) is 0 Å². The second-order valence-corrected chi connectivity index (χ2v) is 8.02. The molecule has 5 aromatic rings. The summed E-state index contributed by atoms with van der Waals surface area (Å²) in [7, 11) is 0. The van der Waals surface area contributed by atoms with Crippen LogP contribution >= 0.6 is 0 Å². The van der Waals surface area contributed by atoms with Gasteiger partial charge in [-0.15, -0.1) is 0 Å². The van der Waals surface area contributed by atoms with Crippen molar-refractivity contribution in [3.05, 3.63) is 108 Å². The van der Waals surface area contributed by atoms with Crippen LogP contribution < -0.4 is 5.32 Å². The molecule has 0 amide bonds. The molecule has 7 heteroatoms. The lowest BCUT2D eigenvalue weighted by molar-refractivity contribution is 0.0526. The molecule has 5 rings (SSSR count). The smallest absolute Gasteiger partial charge is 0.343 e. The van der Waals surface area contributed by atoms with Crippen LogP contribution in [0.1, 0.15) is 22.8 Å². The molecular weight excluding hydrogens is 464 g/mol. The molecule has 0 fully saturated rings. The molecule has 1 N–H and O–H groups in total. The zero-order valence-electron chi connectivity index (χ0n) is 20.0. The van der Waals surface area contributed by atoms with Gasteiger partial charge in [0.25, 0.3) is 0 Å². The van der Waals surface area contributed by atoms with Crippen LogP contribution in [-0.2, 0) is 4.74 Å². The lowest BCUT2D eigenvalue weighted by atomic mass is 9.98. The lowest BCUT2D eigenvalue weighted by Gasteiger charge is -2.10. The Hall–Kier alpha value is -5.22. The summed E-state index contributed by atoms with van der Waals surface area (Å²) in [5.74, 6) is 0.704. The van der Waals surface area contributed by atoms with E-state index in [-0.39, 0.29) is 23.9 Å². The van der Waals surface area contributed by atoms with Crippen molar-refractivity contribution >= 4 is 17.7 Å². The number of aromatic nitrogens is 2. The van der Waals surface area contributed by atoms with Crippen molar-refractivity contribution in [2.24, 2.45) is 0 Å². The highest BCUT2D eigenvalue weighted by Gasteiger charge is 2.25. The third-order valence-corrected chi connectivity index (χ3v) is 5.67. The van der Waals surface area contributed by atoms with Crippen LogP contribution in [0.3, 0.4) is 0 Å². The molecule has 0 aliphatic rings. The highest BCUT2D eigenvalue weighted by Crippen LogP contribution is 2.42. The normalized spacial score (nSPS) is 10.5. The summed E-state index contributed by atoms with van der Waals surface area (Å²) in [5.41, 5.74) is 3.48. The summed E-state index contributed by atoms with van der Waals surface area (Å²) in [6.45, 7) is 1.92. The number of hydrogen-bond donors (Lipinski definition) is 1. The van der Waals surface area contributed by atoms with Gasteiger partial charge in [-0.3, -0.25) is 0 Å². The third kappa shape index (κ3) is 4.81. The number of esters is 1. The van der Waals surface area contributed by atoms with Crippen LogP contribution in [0, 0.1) is 11.3 Å². The molecule has 0 radical (unpaired) electrons. The average Bonchev–Trinajstić information content (AvgIpc) is 3.32. The number of anilines is 2. The molecule has 2 aromatic heterocycles. The van der Waals surface area contributed by atoms with Crippen molar-refractivity contribution in [3.8, 4) is 39.9 Å². The standard InChI is InChI=1S/C30H22N4O3/c1-2-36-30(35)24-19-32-27(22-16-10-5-11-17-22)33-28(24)34-29-23(18-31)25(20-12-6-3-7-13-20)26(37-29)21-14-8-4-9-15-21/h3-17,19H,2H2,1H3,(H,32,33,34). The van der Waals surface area contributed by atoms with Gasteiger partial charge in [0.2, 0.25) is 5.88 Å². The van der Waals surface area contributed by atoms with E-state index in [0.717, 1.165) is 16.7 Å². The minimum Gasteiger partial charge on any atom is -0.462 e. The fraction of sp³-hybridized carbons (Fsp3) is 0.0667. The summed E-state index contributed by atoms with van der Waals surface area (Å²) >= 11 is 0. The first-order valence-corrected chi connectivity index (χ1v) is 11.7. The van der Waals surface area contributed by atoms with E-state index in [1.165, 1.54) is 6.20 Å². The van der Waals surface area contributed by atoms with E-state index < -0.39 is 5.97 Å². The quantitative estimate of drug-likeness (QED) is 0.251. The Morgan fingerprint density at radius 1 is 0.919 bits per heavy atom. The summed E-state index contributed by atoms with van der Waals surface area (Å²) in [5, 5.41) is 13.3. The number of ether oxygens (including phenoxy) is 1. The first kappa shape index (κ1) is 23.5. The first-order chi connectivity index (χ1) is 18.2. The number of carbonyl (C=O) groups is 1. The van der Waals surface area contributed by atoms with Crippen molar-refractivity contribution in [2.75, 3.05) is 11.9 Å². The predicted octanol–water partition coefficient (Wildman–Crippen LogP) is 6.86. The first-order valence-electron chi connectivity index (χ1n) is 11.7. The Morgan fingerprint density at radius 3 is 2.11 bits per heavy atom. The van der Waals surface area contributed by atoms with Gasteiger partial charge in [-0.2, -0.15) is 5.26 Å². The summed E-state index contributed by atoms with van der Waals surface area (Å²) in [4.78, 5) is 21.7. The van der Waals surface area contributed by atoms with Crippen LogP contribution in [0.4, 0.5) is 11.7 Å². The van der Waals surface area contributed by atoms with Crippen LogP contribution in [-0.4, -0.2) is 22.5 Å². The number of carbonyl (C=O) groups excluding carboxylic acids is 1. The number of rotatable bonds is 7. The monoisotopic (exact) mass is 486 g/mol. The topological polar surface area (TPSA) is 101 Å². The number of nitrogens with one attached hydrogen (secondary N) is 1. The maximum Gasteiger partial charge on any atom is 0.343 e. The molecule has 0 aliphatic heterocycles. The molecule has 0 bridgehead atoms. The Labute approximate surface area is 214 Å². The van der Waals surface area contributed by atoms with Crippen molar-refractivity contribution in [2.45, 2.75) is 6.92 Å². The van der Waals surface area contributed by atoms with Gasteiger partial charge in [-0.05, 0) is 12.5 Å². The van der Waals surface area contributed by atoms with E-state index in [1.54, 1.807) is 6.92 Å². The maximum atomic E-state index is 12.7. The largest absolute Gasteiger partial charge is 0.462 e. The highest BCUT2D eigenvalue weighted by molar-refractivity contribution is 5.96. The Bertz CT molecular complexity index is 1570. The van der Waals surface area contributed by atoms with Gasteiger partial charge in [-0.25, -0.2) is 14.8 Å². The molecule has 0 spiro atoms. The number of nitriles is 1. The van der Waals surface area contributed by atoms with Gasteiger partial charge in [0.1, 0.15) is 23.0 Å². The van der Waals surface area contributed by atoms with Gasteiger partial charge in [0.05, 0.1) is 6.61 Å². The Morgan fingerprint density at radius 2 is 1.51 bits per heavy atom. The van der Waals surface area contributed by atoms with Crippen LogP contribution in [0.25, 0.3) is 33.8 Å². The molecular formula is C30H22N4O3. The van der Waals surface area contributed by atoms with Crippen LogP contribution in [0.15, 0.2) is 102 Å². The predicted molar refractivity (Wildman–Crippen MR) is 141 cm³/mol.